The van der Waals surface area contributed by atoms with Crippen LogP contribution in [0.25, 0.3) is 10.9 Å². The molecule has 3 aromatic rings. The summed E-state index contributed by atoms with van der Waals surface area (Å²) in [5, 5.41) is 0.845. The Kier molecular flexibility index (Phi) is 3.82. The van der Waals surface area contributed by atoms with E-state index >= 15 is 0 Å². The Hall–Kier alpha value is -2.75. The van der Waals surface area contributed by atoms with Gasteiger partial charge in [-0.3, -0.25) is 0 Å². The molecule has 0 fully saturated rings. The lowest BCUT2D eigenvalue weighted by Gasteiger charge is -2.19. The minimum Gasteiger partial charge on any atom is -0.455 e. The summed E-state index contributed by atoms with van der Waals surface area (Å²) in [6.07, 6.45) is 0. The van der Waals surface area contributed by atoms with Crippen molar-refractivity contribution in [3.8, 4) is 11.5 Å². The monoisotopic (exact) mass is 309 g/mol. The first-order valence-corrected chi connectivity index (χ1v) is 7.51. The first-order chi connectivity index (χ1) is 10.9. The molecule has 3 rings (SSSR count). The van der Waals surface area contributed by atoms with E-state index in [-0.39, 0.29) is 0 Å². The number of hydrogen-bond donors (Lipinski definition) is 1. The first-order valence-electron chi connectivity index (χ1n) is 7.51. The maximum Gasteiger partial charge on any atom is 0.359 e. The standard InChI is InChI=1S/C19H19NO3/c1-19(2,3)23-18(21)16-17(22-13-9-5-4-6-10-13)14-11-7-8-12-15(14)20-16/h4-12,20H,1-3H3. The lowest BCUT2D eigenvalue weighted by molar-refractivity contribution is 0.00615. The lowest BCUT2D eigenvalue weighted by Crippen LogP contribution is -2.24. The molecule has 0 bridgehead atoms. The van der Waals surface area contributed by atoms with Crippen LogP contribution in [0.5, 0.6) is 11.5 Å². The maximum absolute atomic E-state index is 12.5. The van der Waals surface area contributed by atoms with Crippen LogP contribution in [0.15, 0.2) is 54.6 Å². The Bertz CT molecular complexity index is 829. The molecule has 118 valence electrons. The Labute approximate surface area is 135 Å². The number of fused-ring (bicyclic) bond motifs is 1. The Balaban J connectivity index is 2.06. The molecule has 0 atom stereocenters. The predicted molar refractivity (Wildman–Crippen MR) is 90.0 cm³/mol. The fourth-order valence-corrected chi connectivity index (χ4v) is 2.30. The molecule has 4 nitrogen and oxygen atoms in total. The van der Waals surface area contributed by atoms with Gasteiger partial charge >= 0.3 is 5.97 Å². The van der Waals surface area contributed by atoms with E-state index in [1.807, 2.05) is 75.4 Å². The van der Waals surface area contributed by atoms with Crippen LogP contribution in [-0.4, -0.2) is 16.6 Å². The number of carbonyl (C=O) groups excluding carboxylic acids is 1. The third kappa shape index (κ3) is 3.37. The van der Waals surface area contributed by atoms with Gasteiger partial charge in [-0.25, -0.2) is 4.79 Å². The second-order valence-corrected chi connectivity index (χ2v) is 6.29. The van der Waals surface area contributed by atoms with Gasteiger partial charge in [0.25, 0.3) is 0 Å². The number of esters is 1. The van der Waals surface area contributed by atoms with Crippen molar-refractivity contribution in [3.05, 3.63) is 60.3 Å². The second kappa shape index (κ2) is 5.80. The molecule has 0 spiro atoms. The molecule has 0 radical (unpaired) electrons. The molecule has 1 N–H and O–H groups in total. The highest BCUT2D eigenvalue weighted by atomic mass is 16.6. The summed E-state index contributed by atoms with van der Waals surface area (Å²) in [7, 11) is 0. The number of aromatic amines is 1. The van der Waals surface area contributed by atoms with Crippen molar-refractivity contribution in [3.63, 3.8) is 0 Å². The fourth-order valence-electron chi connectivity index (χ4n) is 2.30. The lowest BCUT2D eigenvalue weighted by atomic mass is 10.2. The smallest absolute Gasteiger partial charge is 0.359 e. The topological polar surface area (TPSA) is 51.3 Å². The molecule has 0 aliphatic rings. The molecule has 4 heteroatoms. The molecule has 0 unspecified atom stereocenters. The second-order valence-electron chi connectivity index (χ2n) is 6.29. The Morgan fingerprint density at radius 2 is 1.61 bits per heavy atom. The van der Waals surface area contributed by atoms with E-state index in [9.17, 15) is 4.79 Å². The van der Waals surface area contributed by atoms with Gasteiger partial charge in [0, 0.05) is 10.9 Å². The number of ether oxygens (including phenoxy) is 2. The van der Waals surface area contributed by atoms with Crippen LogP contribution >= 0.6 is 0 Å². The molecule has 0 amide bonds. The molecule has 0 aliphatic carbocycles. The molecule has 0 saturated carbocycles. The number of nitrogens with one attached hydrogen (secondary N) is 1. The van der Waals surface area contributed by atoms with Crippen molar-refractivity contribution in [2.45, 2.75) is 26.4 Å². The number of rotatable bonds is 3. The van der Waals surface area contributed by atoms with Crippen LogP contribution in [0, 0.1) is 0 Å². The summed E-state index contributed by atoms with van der Waals surface area (Å²) in [4.78, 5) is 15.6. The number of hydrogen-bond acceptors (Lipinski definition) is 3. The first kappa shape index (κ1) is 15.2. The van der Waals surface area contributed by atoms with E-state index in [4.69, 9.17) is 9.47 Å². The summed E-state index contributed by atoms with van der Waals surface area (Å²) >= 11 is 0. The SMILES string of the molecule is CC(C)(C)OC(=O)c1[nH]c2ccccc2c1Oc1ccccc1. The van der Waals surface area contributed by atoms with E-state index in [1.165, 1.54) is 0 Å². The molecular formula is C19H19NO3. The largest absolute Gasteiger partial charge is 0.455 e. The molecule has 0 aliphatic heterocycles. The van der Waals surface area contributed by atoms with Gasteiger partial charge in [-0.1, -0.05) is 30.3 Å². The maximum atomic E-state index is 12.5. The van der Waals surface area contributed by atoms with Gasteiger partial charge in [-0.2, -0.15) is 0 Å². The van der Waals surface area contributed by atoms with E-state index in [0.29, 0.717) is 17.2 Å². The van der Waals surface area contributed by atoms with E-state index in [0.717, 1.165) is 10.9 Å². The zero-order valence-electron chi connectivity index (χ0n) is 13.4. The number of carbonyl (C=O) groups is 1. The van der Waals surface area contributed by atoms with Gasteiger partial charge in [-0.05, 0) is 45.0 Å². The highest BCUT2D eigenvalue weighted by molar-refractivity contribution is 6.01. The zero-order valence-corrected chi connectivity index (χ0v) is 13.4. The van der Waals surface area contributed by atoms with Gasteiger partial charge in [0.05, 0.1) is 0 Å². The average molecular weight is 309 g/mol. The summed E-state index contributed by atoms with van der Waals surface area (Å²) in [5.41, 5.74) is 0.586. The third-order valence-corrected chi connectivity index (χ3v) is 3.22. The fraction of sp³-hybridized carbons (Fsp3) is 0.211. The van der Waals surface area contributed by atoms with Crippen LogP contribution in [0.3, 0.4) is 0 Å². The molecule has 1 heterocycles. The average Bonchev–Trinajstić information content (AvgIpc) is 2.86. The van der Waals surface area contributed by atoms with Crippen molar-refractivity contribution in [1.82, 2.24) is 4.98 Å². The number of para-hydroxylation sites is 2. The van der Waals surface area contributed by atoms with E-state index in [2.05, 4.69) is 4.98 Å². The van der Waals surface area contributed by atoms with Gasteiger partial charge in [-0.15, -0.1) is 0 Å². The number of benzene rings is 2. The van der Waals surface area contributed by atoms with E-state index < -0.39 is 11.6 Å². The normalized spacial score (nSPS) is 11.4. The molecule has 23 heavy (non-hydrogen) atoms. The van der Waals surface area contributed by atoms with Gasteiger partial charge in [0.2, 0.25) is 0 Å². The van der Waals surface area contributed by atoms with Crippen LogP contribution < -0.4 is 4.74 Å². The summed E-state index contributed by atoms with van der Waals surface area (Å²) in [6, 6.07) is 17.0. The van der Waals surface area contributed by atoms with E-state index in [1.54, 1.807) is 0 Å². The minimum absolute atomic E-state index is 0.324. The predicted octanol–water partition coefficient (Wildman–Crippen LogP) is 4.92. The van der Waals surface area contributed by atoms with Crippen molar-refractivity contribution in [2.75, 3.05) is 0 Å². The molecule has 0 saturated heterocycles. The van der Waals surface area contributed by atoms with Crippen molar-refractivity contribution >= 4 is 16.9 Å². The van der Waals surface area contributed by atoms with Crippen LogP contribution in [-0.2, 0) is 4.74 Å². The highest BCUT2D eigenvalue weighted by Gasteiger charge is 2.25. The third-order valence-electron chi connectivity index (χ3n) is 3.22. The Morgan fingerprint density at radius 3 is 2.30 bits per heavy atom. The van der Waals surface area contributed by atoms with Gasteiger partial charge in [0.1, 0.15) is 11.4 Å². The molecule has 2 aromatic carbocycles. The summed E-state index contributed by atoms with van der Waals surface area (Å²) < 4.78 is 11.4. The highest BCUT2D eigenvalue weighted by Crippen LogP contribution is 2.34. The summed E-state index contributed by atoms with van der Waals surface area (Å²) in [6.45, 7) is 5.52. The van der Waals surface area contributed by atoms with Crippen LogP contribution in [0.1, 0.15) is 31.3 Å². The van der Waals surface area contributed by atoms with Gasteiger partial charge in [0.15, 0.2) is 11.4 Å². The van der Waals surface area contributed by atoms with Gasteiger partial charge < -0.3 is 14.5 Å². The van der Waals surface area contributed by atoms with Crippen molar-refractivity contribution in [2.24, 2.45) is 0 Å². The number of H-pyrrole nitrogens is 1. The van der Waals surface area contributed by atoms with Crippen LogP contribution in [0.4, 0.5) is 0 Å². The van der Waals surface area contributed by atoms with Crippen molar-refractivity contribution < 1.29 is 14.3 Å². The molecule has 1 aromatic heterocycles. The molecular weight excluding hydrogens is 290 g/mol. The minimum atomic E-state index is -0.571. The zero-order chi connectivity index (χ0) is 16.4. The van der Waals surface area contributed by atoms with Crippen LogP contribution in [0.2, 0.25) is 0 Å². The summed E-state index contributed by atoms with van der Waals surface area (Å²) in [5.74, 6) is 0.725. The number of aromatic nitrogens is 1. The van der Waals surface area contributed by atoms with Crippen molar-refractivity contribution in [1.29, 1.82) is 0 Å². The quantitative estimate of drug-likeness (QED) is 0.699. The Morgan fingerprint density at radius 1 is 0.957 bits per heavy atom.